The smallest absolute Gasteiger partial charge is 0.279 e. The molecule has 0 aromatic heterocycles. The van der Waals surface area contributed by atoms with Gasteiger partial charge in [0.1, 0.15) is 0 Å². The summed E-state index contributed by atoms with van der Waals surface area (Å²) in [5, 5.41) is 0.403. The van der Waals surface area contributed by atoms with Gasteiger partial charge in [-0.3, -0.25) is 20.4 Å². The molecule has 0 aliphatic carbocycles. The number of benzene rings is 2. The average Bonchev–Trinajstić information content (AvgIpc) is 2.54. The van der Waals surface area contributed by atoms with Crippen molar-refractivity contribution in [2.75, 3.05) is 0 Å². The van der Waals surface area contributed by atoms with Crippen LogP contribution in [-0.2, 0) is 4.79 Å². The van der Waals surface area contributed by atoms with Crippen LogP contribution in [-0.4, -0.2) is 17.9 Å². The van der Waals surface area contributed by atoms with Crippen LogP contribution in [0.5, 0.6) is 5.75 Å². The lowest BCUT2D eigenvalue weighted by Crippen LogP contribution is -2.47. The first-order valence-electron chi connectivity index (χ1n) is 6.74. The van der Waals surface area contributed by atoms with Gasteiger partial charge in [0.25, 0.3) is 11.8 Å². The van der Waals surface area contributed by atoms with E-state index in [2.05, 4.69) is 10.9 Å². The molecule has 120 valence electrons. The molecule has 0 saturated carbocycles. The molecule has 0 aliphatic heterocycles. The zero-order valence-corrected chi connectivity index (χ0v) is 12.9. The predicted octanol–water partition coefficient (Wildman–Crippen LogP) is 2.71. The summed E-state index contributed by atoms with van der Waals surface area (Å²) in [5.74, 6) is -1.77. The van der Waals surface area contributed by atoms with Crippen molar-refractivity contribution in [1.29, 1.82) is 0 Å². The molecule has 0 heterocycles. The maximum Gasteiger partial charge on any atom is 0.279 e. The number of hydrazine groups is 1. The van der Waals surface area contributed by atoms with Crippen LogP contribution in [0.4, 0.5) is 4.39 Å². The third-order valence-corrected chi connectivity index (χ3v) is 3.13. The van der Waals surface area contributed by atoms with E-state index in [9.17, 15) is 14.0 Å². The van der Waals surface area contributed by atoms with Crippen molar-refractivity contribution in [3.8, 4) is 5.75 Å². The fourth-order valence-electron chi connectivity index (χ4n) is 1.71. The van der Waals surface area contributed by atoms with Crippen LogP contribution in [0.25, 0.3) is 0 Å². The fourth-order valence-corrected chi connectivity index (χ4v) is 1.90. The predicted molar refractivity (Wildman–Crippen MR) is 83.6 cm³/mol. The number of rotatable bonds is 4. The standard InChI is InChI=1S/C16H14ClFN2O3/c1-10(23-14-8-3-2-7-13(14)18)15(21)19-20-16(22)11-5-4-6-12(17)9-11/h2-10H,1H3,(H,19,21)(H,20,22). The second-order valence-electron chi connectivity index (χ2n) is 4.64. The monoisotopic (exact) mass is 336 g/mol. The van der Waals surface area contributed by atoms with E-state index in [0.29, 0.717) is 10.6 Å². The van der Waals surface area contributed by atoms with Gasteiger partial charge < -0.3 is 4.74 Å². The highest BCUT2D eigenvalue weighted by Gasteiger charge is 2.17. The number of halogens is 2. The van der Waals surface area contributed by atoms with Crippen molar-refractivity contribution in [3.63, 3.8) is 0 Å². The van der Waals surface area contributed by atoms with Gasteiger partial charge in [-0.05, 0) is 37.3 Å². The van der Waals surface area contributed by atoms with Crippen molar-refractivity contribution in [1.82, 2.24) is 10.9 Å². The molecule has 0 aliphatic rings. The van der Waals surface area contributed by atoms with E-state index >= 15 is 0 Å². The molecule has 2 rings (SSSR count). The van der Waals surface area contributed by atoms with Gasteiger partial charge in [-0.15, -0.1) is 0 Å². The van der Waals surface area contributed by atoms with Crippen molar-refractivity contribution >= 4 is 23.4 Å². The summed E-state index contributed by atoms with van der Waals surface area (Å²) in [5.41, 5.74) is 4.74. The summed E-state index contributed by atoms with van der Waals surface area (Å²) in [6, 6.07) is 12.0. The average molecular weight is 337 g/mol. The summed E-state index contributed by atoms with van der Waals surface area (Å²) in [4.78, 5) is 23.7. The highest BCUT2D eigenvalue weighted by atomic mass is 35.5. The van der Waals surface area contributed by atoms with Gasteiger partial charge in [-0.25, -0.2) is 4.39 Å². The van der Waals surface area contributed by atoms with E-state index in [0.717, 1.165) is 0 Å². The minimum Gasteiger partial charge on any atom is -0.478 e. The van der Waals surface area contributed by atoms with Gasteiger partial charge in [0.2, 0.25) is 0 Å². The molecule has 0 bridgehead atoms. The number of carbonyl (C=O) groups excluding carboxylic acids is 2. The lowest BCUT2D eigenvalue weighted by molar-refractivity contribution is -0.128. The lowest BCUT2D eigenvalue weighted by atomic mass is 10.2. The Morgan fingerprint density at radius 2 is 1.87 bits per heavy atom. The van der Waals surface area contributed by atoms with Crippen LogP contribution in [0.1, 0.15) is 17.3 Å². The maximum absolute atomic E-state index is 13.4. The summed E-state index contributed by atoms with van der Waals surface area (Å²) in [6.45, 7) is 1.44. The first kappa shape index (κ1) is 16.8. The molecule has 0 spiro atoms. The van der Waals surface area contributed by atoms with Crippen LogP contribution in [0.15, 0.2) is 48.5 Å². The van der Waals surface area contributed by atoms with Crippen molar-refractivity contribution in [3.05, 3.63) is 64.9 Å². The Morgan fingerprint density at radius 1 is 1.13 bits per heavy atom. The van der Waals surface area contributed by atoms with E-state index in [-0.39, 0.29) is 5.75 Å². The van der Waals surface area contributed by atoms with E-state index in [1.54, 1.807) is 24.3 Å². The van der Waals surface area contributed by atoms with Crippen molar-refractivity contribution < 1.29 is 18.7 Å². The summed E-state index contributed by atoms with van der Waals surface area (Å²) >= 11 is 5.78. The summed E-state index contributed by atoms with van der Waals surface area (Å²) in [7, 11) is 0. The quantitative estimate of drug-likeness (QED) is 0.844. The Kier molecular flexibility index (Phi) is 5.54. The zero-order valence-electron chi connectivity index (χ0n) is 12.2. The molecular weight excluding hydrogens is 323 g/mol. The first-order chi connectivity index (χ1) is 11.0. The lowest BCUT2D eigenvalue weighted by Gasteiger charge is -2.15. The van der Waals surface area contributed by atoms with Crippen molar-refractivity contribution in [2.24, 2.45) is 0 Å². The number of nitrogens with one attached hydrogen (secondary N) is 2. The van der Waals surface area contributed by atoms with Gasteiger partial charge >= 0.3 is 0 Å². The molecule has 2 amide bonds. The molecule has 1 unspecified atom stereocenters. The van der Waals surface area contributed by atoms with Gasteiger partial charge in [0.05, 0.1) is 0 Å². The normalized spacial score (nSPS) is 11.4. The van der Waals surface area contributed by atoms with Gasteiger partial charge in [0.15, 0.2) is 17.7 Å². The highest BCUT2D eigenvalue weighted by molar-refractivity contribution is 6.30. The number of hydrogen-bond donors (Lipinski definition) is 2. The number of amides is 2. The molecule has 2 aromatic rings. The van der Waals surface area contributed by atoms with E-state index in [1.807, 2.05) is 0 Å². The number of carbonyl (C=O) groups is 2. The molecule has 1 atom stereocenters. The molecule has 23 heavy (non-hydrogen) atoms. The minimum absolute atomic E-state index is 0.0451. The Morgan fingerprint density at radius 3 is 2.57 bits per heavy atom. The molecule has 0 saturated heterocycles. The second-order valence-corrected chi connectivity index (χ2v) is 5.08. The largest absolute Gasteiger partial charge is 0.478 e. The van der Waals surface area contributed by atoms with Crippen molar-refractivity contribution in [2.45, 2.75) is 13.0 Å². The third kappa shape index (κ3) is 4.69. The molecule has 2 N–H and O–H groups in total. The van der Waals surface area contributed by atoms with Crippen LogP contribution < -0.4 is 15.6 Å². The Hall–Kier alpha value is -2.60. The van der Waals surface area contributed by atoms with Crippen LogP contribution in [0, 0.1) is 5.82 Å². The van der Waals surface area contributed by atoms with Crippen LogP contribution in [0.2, 0.25) is 5.02 Å². The molecule has 7 heteroatoms. The SMILES string of the molecule is CC(Oc1ccccc1F)C(=O)NNC(=O)c1cccc(Cl)c1. The van der Waals surface area contributed by atoms with Gasteiger partial charge in [-0.1, -0.05) is 29.8 Å². The zero-order chi connectivity index (χ0) is 16.8. The topological polar surface area (TPSA) is 67.4 Å². The van der Waals surface area contributed by atoms with E-state index < -0.39 is 23.7 Å². The first-order valence-corrected chi connectivity index (χ1v) is 7.12. The van der Waals surface area contributed by atoms with Gasteiger partial charge in [-0.2, -0.15) is 0 Å². The summed E-state index contributed by atoms with van der Waals surface area (Å²) < 4.78 is 18.7. The molecule has 0 fully saturated rings. The Labute approximate surface area is 137 Å². The van der Waals surface area contributed by atoms with Crippen LogP contribution in [0.3, 0.4) is 0 Å². The fraction of sp³-hybridized carbons (Fsp3) is 0.125. The van der Waals surface area contributed by atoms with Gasteiger partial charge in [0, 0.05) is 10.6 Å². The minimum atomic E-state index is -0.994. The number of hydrogen-bond acceptors (Lipinski definition) is 3. The van der Waals surface area contributed by atoms with Crippen LogP contribution >= 0.6 is 11.6 Å². The van der Waals surface area contributed by atoms with E-state index in [4.69, 9.17) is 16.3 Å². The summed E-state index contributed by atoms with van der Waals surface area (Å²) in [6.07, 6.45) is -0.994. The van der Waals surface area contributed by atoms with E-state index in [1.165, 1.54) is 31.2 Å². The molecule has 0 radical (unpaired) electrons. The molecule has 2 aromatic carbocycles. The maximum atomic E-state index is 13.4. The third-order valence-electron chi connectivity index (χ3n) is 2.90. The Balaban J connectivity index is 1.89. The number of para-hydroxylation sites is 1. The second kappa shape index (κ2) is 7.60. The molecule has 5 nitrogen and oxygen atoms in total. The molecular formula is C16H14ClFN2O3. The highest BCUT2D eigenvalue weighted by Crippen LogP contribution is 2.17. The number of ether oxygens (including phenoxy) is 1. The Bertz CT molecular complexity index is 724.